The molecule has 4 aliphatic rings. The van der Waals surface area contributed by atoms with Gasteiger partial charge < -0.3 is 93.3 Å². The Hall–Kier alpha value is -8.41. The molecule has 2 fully saturated rings. The van der Waals surface area contributed by atoms with Gasteiger partial charge in [0.15, 0.2) is 12.7 Å². The largest absolute Gasteiger partial charge is 1.00 e. The number of carboxylic acids is 1. The molecular formula is C63H80BClIN20O14PS4. The molecule has 0 bridgehead atoms. The van der Waals surface area contributed by atoms with E-state index in [4.69, 9.17) is 37.0 Å². The zero-order chi connectivity index (χ0) is 74.4. The van der Waals surface area contributed by atoms with Crippen LogP contribution in [0.25, 0.3) is 22.3 Å². The zero-order valence-electron chi connectivity index (χ0n) is 58.8. The first-order valence-electron chi connectivity index (χ1n) is 32.4. The number of oxime groups is 2. The molecule has 34 nitrogen and oxygen atoms in total. The summed E-state index contributed by atoms with van der Waals surface area (Å²) in [5.41, 5.74) is 7.70. The summed E-state index contributed by atoms with van der Waals surface area (Å²) in [6.07, 6.45) is 10.9. The second-order valence-corrected chi connectivity index (χ2v) is 30.1. The van der Waals surface area contributed by atoms with E-state index in [0.29, 0.717) is 60.0 Å². The molecule has 42 heteroatoms. The number of nitrogens with one attached hydrogen (secondary N) is 4. The SMILES string of the molecule is C=CCNCCCn1cnc2c1ccc[n+]2CC1=C(C(=O)[O-])N2C(=O)C(NC(=O)/C(=N\OCC)c3nsc(N)n3)C2SC1.Cl.[B]P(C)OC(=O)C1=C(C[n+]2cccc3c2ncn3CCCN(CC=C)C(=O)OC(C)(C)C)CSC2C(NC(=O)/C(=N\OCC)c3nsc(NC(=O)OC(C)(C)C)n3)C(=O)N12.[I-]. The van der Waals surface area contributed by atoms with E-state index >= 15 is 0 Å². The number of nitrogen functional groups attached to an aromatic ring is 1. The Balaban J connectivity index is 0.000000303. The molecule has 10 rings (SSSR count). The number of ether oxygens (including phenoxy) is 2. The fraction of sp³-hybridized carbons (Fsp3) is 0.460. The molecule has 6 aromatic rings. The standard InChI is InChI=1S/C37H48BN10O9PS2.C26H30N10O5S2.ClH.HI/c1-10-15-45(35(53)56-37(6,7)8)17-13-18-47-21-39-28-23(47)14-12-16-46(28)19-22-20-59-31-25(30(50)48(31)26(22)32(51)57-58(9)38)40-29(49)24(43-54-11-2)27-41-33(60-44-27)42-34(52)55-36(3,4)5;1-3-8-28-9-6-11-35-14-29-21-16(35)7-5-10-34(21)12-15-13-42-24-18(23(38)36(24)19(15)25(39)40)30-22(37)17(32-41-4-2)20-31-26(27)43-33-20;;/h10,12,14,16,21,25,31H,1,11,13,15,17-20H2,2-9H3,(H-,40,41,42,44,49,52);3,5,7,10,14,18,24,28H,1,4,6,8-9,11-13H2,2H3,(H3-,27,30,31,33,37,39,40);2*1H/b43-24-;32-17-;;. The van der Waals surface area contributed by atoms with E-state index < -0.39 is 89.8 Å². The van der Waals surface area contributed by atoms with Crippen LogP contribution in [-0.2, 0) is 78.6 Å². The van der Waals surface area contributed by atoms with Crippen molar-refractivity contribution in [3.8, 4) is 0 Å². The maximum atomic E-state index is 13.9. The number of anilines is 2. The van der Waals surface area contributed by atoms with Crippen LogP contribution >= 0.6 is 67.0 Å². The lowest BCUT2D eigenvalue weighted by molar-refractivity contribution is -0.665. The van der Waals surface area contributed by atoms with Gasteiger partial charge in [-0.15, -0.1) is 49.1 Å². The molecule has 4 aliphatic heterocycles. The van der Waals surface area contributed by atoms with E-state index in [0.717, 1.165) is 65.1 Å². The molecular weight excluding hydrogens is 1590 g/mol. The van der Waals surface area contributed by atoms with Gasteiger partial charge in [-0.25, -0.2) is 23.5 Å². The predicted molar refractivity (Wildman–Crippen MR) is 392 cm³/mol. The van der Waals surface area contributed by atoms with Gasteiger partial charge >= 0.3 is 29.5 Å². The van der Waals surface area contributed by atoms with E-state index in [9.17, 15) is 43.5 Å². The van der Waals surface area contributed by atoms with Gasteiger partial charge in [-0.2, -0.15) is 18.7 Å². The van der Waals surface area contributed by atoms with Crippen LogP contribution in [0.1, 0.15) is 79.9 Å². The van der Waals surface area contributed by atoms with Gasteiger partial charge in [0.2, 0.25) is 40.9 Å². The number of nitrogens with two attached hydrogens (primary N) is 1. The van der Waals surface area contributed by atoms with Crippen LogP contribution in [-0.4, -0.2) is 211 Å². The highest BCUT2D eigenvalue weighted by Crippen LogP contribution is 2.43. The Labute approximate surface area is 646 Å². The third-order valence-corrected chi connectivity index (χ3v) is 19.4. The Morgan fingerprint density at radius 2 is 1.30 bits per heavy atom. The van der Waals surface area contributed by atoms with Gasteiger partial charge in [-0.3, -0.25) is 34.3 Å². The number of β-lactam (4-membered cyclic amide) rings is 2. The van der Waals surface area contributed by atoms with Crippen LogP contribution in [0.3, 0.4) is 0 Å². The van der Waals surface area contributed by atoms with E-state index in [1.807, 2.05) is 81.8 Å². The number of hydrogen-bond acceptors (Lipinski definition) is 28. The number of hydrogen-bond donors (Lipinski definition) is 5. The summed E-state index contributed by atoms with van der Waals surface area (Å²) in [4.78, 5) is 137. The third-order valence-electron chi connectivity index (χ3n) is 15.1. The van der Waals surface area contributed by atoms with Crippen molar-refractivity contribution in [2.24, 2.45) is 10.3 Å². The first-order valence-corrected chi connectivity index (χ1v) is 37.8. The average Bonchev–Trinajstić information content (AvgIpc) is 1.28. The fourth-order valence-corrected chi connectivity index (χ4v) is 14.8. The molecule has 0 aliphatic carbocycles. The monoisotopic (exact) mass is 1670 g/mol. The van der Waals surface area contributed by atoms with Crippen molar-refractivity contribution >= 4 is 166 Å². The van der Waals surface area contributed by atoms with E-state index in [-0.39, 0.29) is 107 Å². The first kappa shape index (κ1) is 83.9. The molecule has 105 heavy (non-hydrogen) atoms. The summed E-state index contributed by atoms with van der Waals surface area (Å²) in [5.74, 6) is -4.50. The summed E-state index contributed by atoms with van der Waals surface area (Å²) in [6.45, 7) is 27.3. The lowest BCUT2D eigenvalue weighted by Crippen LogP contribution is -3.00. The highest BCUT2D eigenvalue weighted by atomic mass is 127. The number of imidazole rings is 2. The van der Waals surface area contributed by atoms with Crippen LogP contribution in [0.4, 0.5) is 19.9 Å². The number of nitrogens with zero attached hydrogens (tertiary/aromatic N) is 15. The molecule has 0 aromatic carbocycles. The van der Waals surface area contributed by atoms with Gasteiger partial charge in [0.1, 0.15) is 77.1 Å². The summed E-state index contributed by atoms with van der Waals surface area (Å²) in [5, 5.41) is 29.9. The lowest BCUT2D eigenvalue weighted by atomic mass is 10.0. The highest BCUT2D eigenvalue weighted by molar-refractivity contribution is 8.00. The maximum Gasteiger partial charge on any atom is 0.414 e. The minimum absolute atomic E-state index is 0. The number of carbonyl (C=O) groups is 8. The number of rotatable bonds is 30. The van der Waals surface area contributed by atoms with Gasteiger partial charge in [0, 0.05) is 86.5 Å². The molecule has 562 valence electrons. The molecule has 0 spiro atoms. The molecule has 6 aromatic heterocycles. The number of pyridine rings is 2. The summed E-state index contributed by atoms with van der Waals surface area (Å²) < 4.78 is 32.2. The van der Waals surface area contributed by atoms with Gasteiger partial charge in [-0.1, -0.05) is 22.5 Å². The van der Waals surface area contributed by atoms with Crippen molar-refractivity contribution in [1.82, 2.24) is 68.5 Å². The van der Waals surface area contributed by atoms with Gasteiger partial charge in [-0.05, 0) is 116 Å². The smallest absolute Gasteiger partial charge is 0.414 e. The zero-order valence-corrected chi connectivity index (χ0v) is 66.0. The fourth-order valence-electron chi connectivity index (χ4n) is 10.8. The second kappa shape index (κ2) is 37.7. The van der Waals surface area contributed by atoms with Crippen molar-refractivity contribution in [2.75, 3.05) is 68.6 Å². The Morgan fingerprint density at radius 3 is 1.78 bits per heavy atom. The van der Waals surface area contributed by atoms with Crippen molar-refractivity contribution in [3.63, 3.8) is 0 Å². The minimum Gasteiger partial charge on any atom is -1.00 e. The van der Waals surface area contributed by atoms with E-state index in [1.165, 1.54) is 28.4 Å². The Kier molecular flexibility index (Phi) is 30.1. The molecule has 5 atom stereocenters. The van der Waals surface area contributed by atoms with Crippen LogP contribution in [0.2, 0.25) is 0 Å². The number of amides is 6. The van der Waals surface area contributed by atoms with E-state index in [2.05, 4.69) is 73.4 Å². The molecule has 5 unspecified atom stereocenters. The summed E-state index contributed by atoms with van der Waals surface area (Å²) >= 11 is 4.38. The van der Waals surface area contributed by atoms with Gasteiger partial charge in [0.25, 0.3) is 23.6 Å². The predicted octanol–water partition coefficient (Wildman–Crippen LogP) is 0.277. The number of aryl methyl sites for hydroxylation is 2. The highest BCUT2D eigenvalue weighted by Gasteiger charge is 2.56. The van der Waals surface area contributed by atoms with Gasteiger partial charge in [0.05, 0.1) is 24.1 Å². The Bertz CT molecular complexity index is 4350. The molecule has 0 saturated carbocycles. The van der Waals surface area contributed by atoms with Crippen LogP contribution < -0.4 is 65.2 Å². The van der Waals surface area contributed by atoms with Crippen LogP contribution in [0, 0.1) is 0 Å². The maximum absolute atomic E-state index is 13.9. The van der Waals surface area contributed by atoms with E-state index in [1.54, 1.807) is 64.9 Å². The van der Waals surface area contributed by atoms with Crippen LogP contribution in [0.15, 0.2) is 107 Å². The minimum atomic E-state index is -1.63. The molecule has 6 N–H and O–H groups in total. The quantitative estimate of drug-likeness (QED) is 0.00465. The molecule has 2 saturated heterocycles. The number of carboxylic acid groups (broad SMARTS) is 1. The Morgan fingerprint density at radius 1 is 0.781 bits per heavy atom. The lowest BCUT2D eigenvalue weighted by Gasteiger charge is -2.50. The third kappa shape index (κ3) is 21.0. The van der Waals surface area contributed by atoms with Crippen molar-refractivity contribution < 1.29 is 100 Å². The second-order valence-electron chi connectivity index (χ2n) is 25.0. The number of halogens is 2. The summed E-state index contributed by atoms with van der Waals surface area (Å²) in [6, 6.07) is 5.58. The number of fused-ring (bicyclic) bond motifs is 4. The van der Waals surface area contributed by atoms with Crippen molar-refractivity contribution in [3.05, 3.63) is 109 Å². The normalized spacial score (nSPS) is 17.4. The number of aromatic nitrogens is 10. The van der Waals surface area contributed by atoms with Crippen molar-refractivity contribution in [2.45, 2.75) is 128 Å². The van der Waals surface area contributed by atoms with Crippen molar-refractivity contribution in [1.29, 1.82) is 0 Å². The number of carbonyl (C=O) groups excluding carboxylic acids is 8. The van der Waals surface area contributed by atoms with Crippen LogP contribution in [0.5, 0.6) is 0 Å². The topological polar surface area (TPSA) is 409 Å². The average molecular weight is 1670 g/mol. The number of thioether (sulfide) groups is 2. The first-order chi connectivity index (χ1) is 49.1. The summed E-state index contributed by atoms with van der Waals surface area (Å²) in [7, 11) is 4.29. The molecule has 6 amide bonds. The molecule has 2 radical (unpaired) electrons. The molecule has 10 heterocycles. The number of aliphatic carboxylic acids is 1.